The summed E-state index contributed by atoms with van der Waals surface area (Å²) in [6.45, 7) is 1.17. The van der Waals surface area contributed by atoms with Crippen molar-refractivity contribution in [2.45, 2.75) is 13.0 Å². The van der Waals surface area contributed by atoms with E-state index in [0.717, 1.165) is 17.3 Å². The number of halogens is 1. The predicted octanol–water partition coefficient (Wildman–Crippen LogP) is 3.68. The highest BCUT2D eigenvalue weighted by molar-refractivity contribution is 9.10. The maximum Gasteiger partial charge on any atom is 0.337 e. The molecule has 0 bridgehead atoms. The van der Waals surface area contributed by atoms with Crippen LogP contribution in [0.15, 0.2) is 46.9 Å². The number of nitrogens with one attached hydrogen (secondary N) is 1. The number of hydrogen-bond donors (Lipinski definition) is 1. The number of H-pyrrole nitrogens is 1. The zero-order valence-corrected chi connectivity index (χ0v) is 16.9. The summed E-state index contributed by atoms with van der Waals surface area (Å²) in [5.41, 5.74) is 3.90. The van der Waals surface area contributed by atoms with E-state index < -0.39 is 5.97 Å². The second kappa shape index (κ2) is 7.67. The van der Waals surface area contributed by atoms with E-state index in [1.54, 1.807) is 18.2 Å². The molecular formula is C21H19BrN2O4. The Hall–Kier alpha value is -2.80. The number of ether oxygens (including phenoxy) is 2. The summed E-state index contributed by atoms with van der Waals surface area (Å²) >= 11 is 3.37. The van der Waals surface area contributed by atoms with Crippen LogP contribution in [0.2, 0.25) is 0 Å². The van der Waals surface area contributed by atoms with Gasteiger partial charge in [-0.2, -0.15) is 0 Å². The molecule has 4 rings (SSSR count). The third-order valence-corrected chi connectivity index (χ3v) is 5.56. The normalized spacial score (nSPS) is 13.3. The lowest BCUT2D eigenvalue weighted by atomic mass is 10.0. The van der Waals surface area contributed by atoms with E-state index in [-0.39, 0.29) is 12.5 Å². The van der Waals surface area contributed by atoms with E-state index in [4.69, 9.17) is 9.47 Å². The molecule has 1 N–H and O–H groups in total. The maximum atomic E-state index is 12.7. The molecule has 0 saturated heterocycles. The number of nitrogens with zero attached hydrogens (tertiary/aromatic N) is 1. The minimum Gasteiger partial charge on any atom is -0.483 e. The van der Waals surface area contributed by atoms with Gasteiger partial charge in [0.15, 0.2) is 6.61 Å². The number of rotatable bonds is 4. The lowest BCUT2D eigenvalue weighted by molar-refractivity contribution is -0.134. The molecule has 1 aliphatic rings. The maximum absolute atomic E-state index is 12.7. The van der Waals surface area contributed by atoms with Crippen molar-refractivity contribution in [3.63, 3.8) is 0 Å². The van der Waals surface area contributed by atoms with E-state index in [0.29, 0.717) is 28.9 Å². The van der Waals surface area contributed by atoms with Crippen molar-refractivity contribution in [2.75, 3.05) is 20.3 Å². The summed E-state index contributed by atoms with van der Waals surface area (Å²) in [5, 5.41) is 1.16. The van der Waals surface area contributed by atoms with Crippen molar-refractivity contribution in [3.05, 3.63) is 63.8 Å². The van der Waals surface area contributed by atoms with Gasteiger partial charge in [-0.25, -0.2) is 4.79 Å². The summed E-state index contributed by atoms with van der Waals surface area (Å²) in [7, 11) is 1.33. The van der Waals surface area contributed by atoms with Crippen LogP contribution in [0.4, 0.5) is 0 Å². The van der Waals surface area contributed by atoms with Gasteiger partial charge in [0.05, 0.1) is 17.1 Å². The van der Waals surface area contributed by atoms with Crippen molar-refractivity contribution >= 4 is 38.7 Å². The molecule has 0 unspecified atom stereocenters. The van der Waals surface area contributed by atoms with E-state index in [9.17, 15) is 9.59 Å². The van der Waals surface area contributed by atoms with Gasteiger partial charge in [0.2, 0.25) is 0 Å². The molecule has 0 fully saturated rings. The summed E-state index contributed by atoms with van der Waals surface area (Å²) in [6, 6.07) is 13.0. The molecule has 2 aromatic carbocycles. The first-order chi connectivity index (χ1) is 13.6. The largest absolute Gasteiger partial charge is 0.483 e. The summed E-state index contributed by atoms with van der Waals surface area (Å²) in [6.07, 6.45) is 0.799. The average Bonchev–Trinajstić information content (AvgIpc) is 3.09. The standard InChI is InChI=1S/C21H19BrN2O4/c1-27-21(26)13-6-7-19(16(22)10-13)28-12-20(25)24-9-8-18-15(11-24)14-4-2-3-5-17(14)23-18/h2-7,10,23H,8-9,11-12H2,1H3. The summed E-state index contributed by atoms with van der Waals surface area (Å²) in [4.78, 5) is 29.5. The van der Waals surface area contributed by atoms with Crippen molar-refractivity contribution in [2.24, 2.45) is 0 Å². The molecule has 7 heteroatoms. The summed E-state index contributed by atoms with van der Waals surface area (Å²) < 4.78 is 11.0. The number of benzene rings is 2. The molecule has 0 saturated carbocycles. The number of hydrogen-bond acceptors (Lipinski definition) is 4. The number of aromatic nitrogens is 1. The molecule has 3 aromatic rings. The fraction of sp³-hybridized carbons (Fsp3) is 0.238. The Morgan fingerprint density at radius 3 is 2.82 bits per heavy atom. The second-order valence-electron chi connectivity index (χ2n) is 6.62. The Kier molecular flexibility index (Phi) is 5.09. The van der Waals surface area contributed by atoms with Gasteiger partial charge in [0.1, 0.15) is 5.75 Å². The molecule has 1 aromatic heterocycles. The van der Waals surface area contributed by atoms with Gasteiger partial charge in [-0.15, -0.1) is 0 Å². The minimum absolute atomic E-state index is 0.0616. The Balaban J connectivity index is 1.43. The number of para-hydroxylation sites is 1. The van der Waals surface area contributed by atoms with Crippen LogP contribution in [-0.4, -0.2) is 42.0 Å². The van der Waals surface area contributed by atoms with Crippen molar-refractivity contribution in [1.29, 1.82) is 0 Å². The quantitative estimate of drug-likeness (QED) is 0.625. The van der Waals surface area contributed by atoms with E-state index in [1.807, 2.05) is 17.0 Å². The number of fused-ring (bicyclic) bond motifs is 3. The van der Waals surface area contributed by atoms with Crippen LogP contribution in [-0.2, 0) is 22.5 Å². The van der Waals surface area contributed by atoms with Crippen LogP contribution in [0.25, 0.3) is 10.9 Å². The number of esters is 1. The number of aromatic amines is 1. The number of carbonyl (C=O) groups excluding carboxylic acids is 2. The van der Waals surface area contributed by atoms with Gasteiger partial charge in [-0.3, -0.25) is 4.79 Å². The second-order valence-corrected chi connectivity index (χ2v) is 7.47. The number of methoxy groups -OCH3 is 1. The van der Waals surface area contributed by atoms with Crippen molar-refractivity contribution in [3.8, 4) is 5.75 Å². The Morgan fingerprint density at radius 1 is 1.21 bits per heavy atom. The summed E-state index contributed by atoms with van der Waals surface area (Å²) in [5.74, 6) is 0.0110. The average molecular weight is 443 g/mol. The first-order valence-electron chi connectivity index (χ1n) is 8.93. The highest BCUT2D eigenvalue weighted by Gasteiger charge is 2.24. The molecule has 0 radical (unpaired) electrons. The van der Waals surface area contributed by atoms with E-state index in [2.05, 4.69) is 33.0 Å². The van der Waals surface area contributed by atoms with E-state index in [1.165, 1.54) is 18.4 Å². The van der Waals surface area contributed by atoms with Gasteiger partial charge in [-0.1, -0.05) is 18.2 Å². The van der Waals surface area contributed by atoms with Crippen molar-refractivity contribution < 1.29 is 19.1 Å². The Bertz CT molecular complexity index is 1060. The molecule has 0 spiro atoms. The fourth-order valence-electron chi connectivity index (χ4n) is 3.47. The Labute approximate surface area is 170 Å². The number of amides is 1. The third kappa shape index (κ3) is 3.49. The van der Waals surface area contributed by atoms with Crippen molar-refractivity contribution in [1.82, 2.24) is 9.88 Å². The fourth-order valence-corrected chi connectivity index (χ4v) is 3.97. The lowest BCUT2D eigenvalue weighted by Crippen LogP contribution is -2.38. The van der Waals surface area contributed by atoms with Gasteiger partial charge < -0.3 is 19.4 Å². The molecular weight excluding hydrogens is 424 g/mol. The first kappa shape index (κ1) is 18.6. The monoisotopic (exact) mass is 442 g/mol. The lowest BCUT2D eigenvalue weighted by Gasteiger charge is -2.27. The van der Waals surface area contributed by atoms with Gasteiger partial charge >= 0.3 is 5.97 Å². The van der Waals surface area contributed by atoms with Gasteiger partial charge in [0, 0.05) is 41.7 Å². The molecule has 1 amide bonds. The van der Waals surface area contributed by atoms with Crippen LogP contribution >= 0.6 is 15.9 Å². The van der Waals surface area contributed by atoms with Crippen LogP contribution in [0.1, 0.15) is 21.6 Å². The minimum atomic E-state index is -0.425. The zero-order valence-electron chi connectivity index (χ0n) is 15.3. The smallest absolute Gasteiger partial charge is 0.337 e. The van der Waals surface area contributed by atoms with Crippen LogP contribution in [0.5, 0.6) is 5.75 Å². The highest BCUT2D eigenvalue weighted by Crippen LogP contribution is 2.29. The first-order valence-corrected chi connectivity index (χ1v) is 9.73. The molecule has 0 atom stereocenters. The highest BCUT2D eigenvalue weighted by atomic mass is 79.9. The van der Waals surface area contributed by atoms with Crippen LogP contribution in [0.3, 0.4) is 0 Å². The molecule has 0 aliphatic carbocycles. The third-order valence-electron chi connectivity index (χ3n) is 4.94. The van der Waals surface area contributed by atoms with Gasteiger partial charge in [0.25, 0.3) is 5.91 Å². The molecule has 144 valence electrons. The van der Waals surface area contributed by atoms with Crippen LogP contribution in [0, 0.1) is 0 Å². The van der Waals surface area contributed by atoms with Crippen LogP contribution < -0.4 is 4.74 Å². The molecule has 6 nitrogen and oxygen atoms in total. The molecule has 1 aliphatic heterocycles. The van der Waals surface area contributed by atoms with E-state index >= 15 is 0 Å². The topological polar surface area (TPSA) is 71.6 Å². The Morgan fingerprint density at radius 2 is 2.04 bits per heavy atom. The molecule has 2 heterocycles. The predicted molar refractivity (Wildman–Crippen MR) is 108 cm³/mol. The number of carbonyl (C=O) groups is 2. The zero-order chi connectivity index (χ0) is 19.7. The molecule has 28 heavy (non-hydrogen) atoms. The van der Waals surface area contributed by atoms with Gasteiger partial charge in [-0.05, 0) is 40.2 Å². The SMILES string of the molecule is COC(=O)c1ccc(OCC(=O)N2CCc3[nH]c4ccccc4c3C2)c(Br)c1.